The van der Waals surface area contributed by atoms with Crippen LogP contribution in [-0.2, 0) is 16.6 Å². The Bertz CT molecular complexity index is 1450. The van der Waals surface area contributed by atoms with Crippen LogP contribution in [0.4, 0.5) is 10.1 Å². The quantitative estimate of drug-likeness (QED) is 0.273. The largest absolute Gasteiger partial charge is 0.493 e. The first kappa shape index (κ1) is 29.1. The summed E-state index contributed by atoms with van der Waals surface area (Å²) in [5.74, 6) is 1.19. The van der Waals surface area contributed by atoms with Crippen molar-refractivity contribution in [1.82, 2.24) is 0 Å². The summed E-state index contributed by atoms with van der Waals surface area (Å²) in [4.78, 5) is 14.5. The molecule has 3 aliphatic heterocycles. The fraction of sp³-hybridized carbons (Fsp3) is 0.424. The van der Waals surface area contributed by atoms with Gasteiger partial charge in [-0.05, 0) is 43.2 Å². The third-order valence-electron chi connectivity index (χ3n) is 8.16. The molecule has 0 fully saturated rings. The number of fused-ring (bicyclic) bond motifs is 3. The second-order valence-electron chi connectivity index (χ2n) is 11.2. The van der Waals surface area contributed by atoms with Gasteiger partial charge in [0.1, 0.15) is 41.7 Å². The Balaban J connectivity index is 1.60. The van der Waals surface area contributed by atoms with Crippen molar-refractivity contribution in [3.8, 4) is 28.7 Å². The molecule has 1 unspecified atom stereocenters. The number of carbonyl (C=O) groups excluding carboxylic acids is 1. The zero-order valence-electron chi connectivity index (χ0n) is 24.3. The summed E-state index contributed by atoms with van der Waals surface area (Å²) in [5, 5.41) is 24.0. The molecule has 228 valence electrons. The average Bonchev–Trinajstić information content (AvgIpc) is 3.71. The minimum atomic E-state index is -1.61. The Kier molecular flexibility index (Phi) is 8.07. The molecule has 3 aromatic carbocycles. The van der Waals surface area contributed by atoms with Crippen LogP contribution in [0.2, 0.25) is 0 Å². The lowest BCUT2D eigenvalue weighted by atomic mass is 9.69. The smallest absolute Gasteiger partial charge is 0.244 e. The van der Waals surface area contributed by atoms with Crippen molar-refractivity contribution in [2.24, 2.45) is 0 Å². The van der Waals surface area contributed by atoms with Gasteiger partial charge in [0.05, 0.1) is 18.8 Å². The van der Waals surface area contributed by atoms with Crippen molar-refractivity contribution in [1.29, 1.82) is 0 Å². The predicted octanol–water partition coefficient (Wildman–Crippen LogP) is 4.86. The lowest BCUT2D eigenvalue weighted by molar-refractivity contribution is -0.118. The zero-order valence-corrected chi connectivity index (χ0v) is 24.3. The Labute approximate surface area is 249 Å². The van der Waals surface area contributed by atoms with Crippen LogP contribution < -0.4 is 29.0 Å². The summed E-state index contributed by atoms with van der Waals surface area (Å²) >= 11 is 0. The first-order valence-corrected chi connectivity index (χ1v) is 14.8. The van der Waals surface area contributed by atoms with E-state index in [2.05, 4.69) is 5.32 Å². The molecule has 0 aliphatic carbocycles. The van der Waals surface area contributed by atoms with Gasteiger partial charge in [-0.15, -0.1) is 0 Å². The van der Waals surface area contributed by atoms with Crippen molar-refractivity contribution in [3.63, 3.8) is 0 Å². The van der Waals surface area contributed by atoms with E-state index in [0.29, 0.717) is 77.0 Å². The number of halogens is 1. The minimum Gasteiger partial charge on any atom is -0.493 e. The highest BCUT2D eigenvalue weighted by atomic mass is 19.1. The highest BCUT2D eigenvalue weighted by Crippen LogP contribution is 2.56. The molecule has 6 rings (SSSR count). The number of anilines is 1. The first-order valence-electron chi connectivity index (χ1n) is 14.8. The highest BCUT2D eigenvalue weighted by molar-refractivity contribution is 6.12. The van der Waals surface area contributed by atoms with E-state index >= 15 is 0 Å². The maximum Gasteiger partial charge on any atom is 0.244 e. The van der Waals surface area contributed by atoms with Gasteiger partial charge in [0.15, 0.2) is 11.5 Å². The van der Waals surface area contributed by atoms with E-state index in [-0.39, 0.29) is 20.0 Å². The Morgan fingerprint density at radius 3 is 2.16 bits per heavy atom. The van der Waals surface area contributed by atoms with Gasteiger partial charge in [-0.2, -0.15) is 0 Å². The average molecular weight is 594 g/mol. The molecule has 3 aromatic rings. The fourth-order valence-electron chi connectivity index (χ4n) is 6.12. The van der Waals surface area contributed by atoms with Crippen molar-refractivity contribution >= 4 is 11.6 Å². The molecular weight excluding hydrogens is 557 g/mol. The summed E-state index contributed by atoms with van der Waals surface area (Å²) in [7, 11) is 0. The lowest BCUT2D eigenvalue weighted by Gasteiger charge is -2.33. The number of ether oxygens (including phenoxy) is 5. The summed E-state index contributed by atoms with van der Waals surface area (Å²) in [6, 6.07) is 11.2. The van der Waals surface area contributed by atoms with Crippen LogP contribution in [0.5, 0.6) is 28.7 Å². The standard InChI is InChI=1S/C33H36FNO8/c1-3-5-21(36)16-40-28-11-19-9-10-39-27(19)13-24(28)33(23-8-7-20(34)12-26(23)35-32(33)38)25-14-30-31(43-18-42-30)15-29(25)41-17-22(37)6-4-2/h7-8,11-15,21-22,36-37H,3-6,9-10,16-18H2,1-2H3,(H,35,38)/t21-,22-,33?/m1/s1. The van der Waals surface area contributed by atoms with Crippen LogP contribution >= 0.6 is 0 Å². The summed E-state index contributed by atoms with van der Waals surface area (Å²) < 4.78 is 44.4. The van der Waals surface area contributed by atoms with Crippen LogP contribution in [0.15, 0.2) is 42.5 Å². The Morgan fingerprint density at radius 1 is 0.860 bits per heavy atom. The van der Waals surface area contributed by atoms with Crippen LogP contribution in [0.25, 0.3) is 0 Å². The number of amides is 1. The van der Waals surface area contributed by atoms with Gasteiger partial charge in [-0.3, -0.25) is 4.79 Å². The van der Waals surface area contributed by atoms with Gasteiger partial charge < -0.3 is 39.2 Å². The van der Waals surface area contributed by atoms with Gasteiger partial charge >= 0.3 is 0 Å². The molecule has 0 saturated heterocycles. The van der Waals surface area contributed by atoms with Crippen LogP contribution in [-0.4, -0.2) is 54.9 Å². The van der Waals surface area contributed by atoms with Crippen molar-refractivity contribution in [3.05, 3.63) is 70.5 Å². The SMILES string of the molecule is CCC[C@@H](O)COc1cc2c(cc1C1(c3cc4c(cc3OC[C@H](O)CCC)OCO4)C(=O)Nc3cc(F)ccc31)OCC2. The van der Waals surface area contributed by atoms with E-state index in [0.717, 1.165) is 18.4 Å². The fourth-order valence-corrected chi connectivity index (χ4v) is 6.12. The van der Waals surface area contributed by atoms with E-state index in [4.69, 9.17) is 23.7 Å². The molecule has 0 radical (unpaired) electrons. The number of benzene rings is 3. The van der Waals surface area contributed by atoms with E-state index < -0.39 is 29.3 Å². The minimum absolute atomic E-state index is 0.00591. The monoisotopic (exact) mass is 593 g/mol. The maximum atomic E-state index is 14.5. The van der Waals surface area contributed by atoms with Crippen LogP contribution in [0.1, 0.15) is 61.8 Å². The summed E-state index contributed by atoms with van der Waals surface area (Å²) in [5.41, 5.74) is 0.937. The molecule has 0 saturated carbocycles. The van der Waals surface area contributed by atoms with E-state index in [1.54, 1.807) is 24.3 Å². The summed E-state index contributed by atoms with van der Waals surface area (Å²) in [6.45, 7) is 4.42. The molecule has 0 bridgehead atoms. The molecule has 3 heterocycles. The Hall–Kier alpha value is -4.02. The Morgan fingerprint density at radius 2 is 1.49 bits per heavy atom. The predicted molar refractivity (Wildman–Crippen MR) is 156 cm³/mol. The number of aliphatic hydroxyl groups is 2. The van der Waals surface area contributed by atoms with Gasteiger partial charge in [0, 0.05) is 40.4 Å². The topological polar surface area (TPSA) is 116 Å². The van der Waals surface area contributed by atoms with Crippen LogP contribution in [0.3, 0.4) is 0 Å². The van der Waals surface area contributed by atoms with E-state index in [9.17, 15) is 19.4 Å². The second kappa shape index (κ2) is 11.9. The van der Waals surface area contributed by atoms with E-state index in [1.165, 1.54) is 12.1 Å². The molecule has 3 atom stereocenters. The van der Waals surface area contributed by atoms with Gasteiger partial charge in [0.25, 0.3) is 0 Å². The van der Waals surface area contributed by atoms with Gasteiger partial charge in [0.2, 0.25) is 12.7 Å². The number of hydrogen-bond acceptors (Lipinski definition) is 8. The van der Waals surface area contributed by atoms with Gasteiger partial charge in [-0.1, -0.05) is 32.8 Å². The maximum absolute atomic E-state index is 14.5. The number of nitrogens with one attached hydrogen (secondary N) is 1. The van der Waals surface area contributed by atoms with E-state index in [1.807, 2.05) is 19.9 Å². The normalized spacial score (nSPS) is 19.3. The molecule has 0 spiro atoms. The molecule has 43 heavy (non-hydrogen) atoms. The van der Waals surface area contributed by atoms with Gasteiger partial charge in [-0.25, -0.2) is 4.39 Å². The second-order valence-corrected chi connectivity index (χ2v) is 11.2. The number of rotatable bonds is 12. The molecule has 9 nitrogen and oxygen atoms in total. The lowest BCUT2D eigenvalue weighted by Crippen LogP contribution is -2.38. The third-order valence-corrected chi connectivity index (χ3v) is 8.16. The third kappa shape index (κ3) is 5.23. The molecule has 3 aliphatic rings. The number of carbonyl (C=O) groups is 1. The number of aliphatic hydroxyl groups excluding tert-OH is 2. The zero-order chi connectivity index (χ0) is 30.1. The molecule has 1 amide bonds. The molecular formula is C33H36FNO8. The van der Waals surface area contributed by atoms with Crippen molar-refractivity contribution < 1.29 is 43.1 Å². The molecule has 10 heteroatoms. The first-order chi connectivity index (χ1) is 20.8. The van der Waals surface area contributed by atoms with Crippen molar-refractivity contribution in [2.75, 3.05) is 31.9 Å². The van der Waals surface area contributed by atoms with Crippen LogP contribution in [0, 0.1) is 5.82 Å². The highest BCUT2D eigenvalue weighted by Gasteiger charge is 2.54. The summed E-state index contributed by atoms with van der Waals surface area (Å²) in [6.07, 6.45) is 1.86. The molecule has 0 aromatic heterocycles. The number of hydrogen-bond donors (Lipinski definition) is 3. The molecule has 3 N–H and O–H groups in total. The van der Waals surface area contributed by atoms with Crippen molar-refractivity contribution in [2.45, 2.75) is 63.6 Å².